The van der Waals surface area contributed by atoms with E-state index in [1.165, 1.54) is 38.1 Å². The van der Waals surface area contributed by atoms with Gasteiger partial charge in [-0.1, -0.05) is 6.92 Å². The molecule has 0 saturated carbocycles. The van der Waals surface area contributed by atoms with Crippen LogP contribution in [0.5, 0.6) is 0 Å². The highest BCUT2D eigenvalue weighted by molar-refractivity contribution is 7.89. The van der Waals surface area contributed by atoms with Crippen LogP contribution in [0.15, 0.2) is 29.2 Å². The number of carbonyl (C=O) groups is 3. The number of sulfonamides is 1. The van der Waals surface area contributed by atoms with Gasteiger partial charge in [-0.25, -0.2) is 8.42 Å². The number of anilines is 1. The lowest BCUT2D eigenvalue weighted by Gasteiger charge is -2.24. The van der Waals surface area contributed by atoms with Gasteiger partial charge in [0.1, 0.15) is 6.04 Å². The zero-order valence-corrected chi connectivity index (χ0v) is 17.5. The fourth-order valence-corrected chi connectivity index (χ4v) is 3.23. The lowest BCUT2D eigenvalue weighted by atomic mass is 10.0. The molecule has 0 spiro atoms. The van der Waals surface area contributed by atoms with Gasteiger partial charge < -0.3 is 15.4 Å². The van der Waals surface area contributed by atoms with Gasteiger partial charge in [0.2, 0.25) is 15.9 Å². The summed E-state index contributed by atoms with van der Waals surface area (Å²) in [4.78, 5) is 34.7. The number of esters is 1. The third-order valence-electron chi connectivity index (χ3n) is 3.88. The van der Waals surface area contributed by atoms with Gasteiger partial charge in [0.25, 0.3) is 5.91 Å². The summed E-state index contributed by atoms with van der Waals surface area (Å²) in [6.07, 6.45) is 0.698. The van der Waals surface area contributed by atoms with Crippen LogP contribution in [0, 0.1) is 0 Å². The number of carbonyl (C=O) groups excluding carboxylic acids is 3. The van der Waals surface area contributed by atoms with Crippen molar-refractivity contribution in [2.24, 2.45) is 0 Å². The summed E-state index contributed by atoms with van der Waals surface area (Å²) in [5.41, 5.74) is 0.0139. The van der Waals surface area contributed by atoms with Gasteiger partial charge in [0, 0.05) is 18.2 Å². The molecule has 0 aliphatic heterocycles. The maximum atomic E-state index is 12.4. The first-order valence-electron chi connectivity index (χ1n) is 8.74. The molecule has 0 aliphatic carbocycles. The van der Waals surface area contributed by atoms with E-state index >= 15 is 0 Å². The molecule has 0 aromatic heterocycles. The first kappa shape index (κ1) is 23.6. The lowest BCUT2D eigenvalue weighted by Crippen LogP contribution is -2.46. The summed E-state index contributed by atoms with van der Waals surface area (Å²) >= 11 is 0. The Kier molecular flexibility index (Phi) is 8.13. The maximum Gasteiger partial charge on any atom is 0.324 e. The maximum absolute atomic E-state index is 12.4. The van der Waals surface area contributed by atoms with Gasteiger partial charge in [0.05, 0.1) is 4.90 Å². The van der Waals surface area contributed by atoms with Gasteiger partial charge in [-0.05, 0) is 51.5 Å². The Morgan fingerprint density at radius 3 is 2.21 bits per heavy atom. The molecule has 9 nitrogen and oxygen atoms in total. The van der Waals surface area contributed by atoms with Crippen LogP contribution in [-0.2, 0) is 29.1 Å². The minimum absolute atomic E-state index is 0.0799. The fraction of sp³-hybridized carbons (Fsp3) is 0.500. The average molecular weight is 413 g/mol. The molecule has 1 aromatic rings. The lowest BCUT2D eigenvalue weighted by molar-refractivity contribution is -0.150. The standard InChI is InChI=1S/C18H27N3O6S/c1-6-18(4,5)20-16(23)11-27-17(24)12(2)21-28(25,26)15-9-7-14(8-10-15)19-13(3)22/h7-10,12,21H,6,11H2,1-5H3,(H,19,22)(H,20,23)/t12-/m0/s1. The number of amides is 2. The van der Waals surface area contributed by atoms with Crippen molar-refractivity contribution in [1.29, 1.82) is 0 Å². The van der Waals surface area contributed by atoms with Crippen molar-refractivity contribution in [3.63, 3.8) is 0 Å². The van der Waals surface area contributed by atoms with Crippen molar-refractivity contribution < 1.29 is 27.5 Å². The second kappa shape index (κ2) is 9.65. The molecule has 0 bridgehead atoms. The number of rotatable bonds is 9. The number of benzene rings is 1. The Balaban J connectivity index is 2.64. The summed E-state index contributed by atoms with van der Waals surface area (Å²) in [7, 11) is -3.99. The largest absolute Gasteiger partial charge is 0.454 e. The van der Waals surface area contributed by atoms with Crippen LogP contribution in [0.2, 0.25) is 0 Å². The van der Waals surface area contributed by atoms with Gasteiger partial charge in [0.15, 0.2) is 6.61 Å². The van der Waals surface area contributed by atoms with E-state index < -0.39 is 40.1 Å². The van der Waals surface area contributed by atoms with Crippen LogP contribution < -0.4 is 15.4 Å². The van der Waals surface area contributed by atoms with Crippen LogP contribution >= 0.6 is 0 Å². The van der Waals surface area contributed by atoms with Crippen molar-refractivity contribution in [3.05, 3.63) is 24.3 Å². The predicted octanol–water partition coefficient (Wildman–Crippen LogP) is 1.16. The molecule has 0 radical (unpaired) electrons. The molecule has 2 amide bonds. The molecule has 3 N–H and O–H groups in total. The van der Waals surface area contributed by atoms with E-state index in [0.29, 0.717) is 12.1 Å². The minimum Gasteiger partial charge on any atom is -0.454 e. The Morgan fingerprint density at radius 2 is 1.71 bits per heavy atom. The SMILES string of the molecule is CCC(C)(C)NC(=O)COC(=O)[C@H](C)NS(=O)(=O)c1ccc(NC(C)=O)cc1. The van der Waals surface area contributed by atoms with E-state index in [1.54, 1.807) is 0 Å². The predicted molar refractivity (Wildman–Crippen MR) is 104 cm³/mol. The second-order valence-corrected chi connectivity index (χ2v) is 8.66. The zero-order chi connectivity index (χ0) is 21.5. The zero-order valence-electron chi connectivity index (χ0n) is 16.7. The van der Waals surface area contributed by atoms with Crippen LogP contribution in [-0.4, -0.2) is 44.4 Å². The quantitative estimate of drug-likeness (QED) is 0.521. The molecule has 1 aromatic carbocycles. The summed E-state index contributed by atoms with van der Waals surface area (Å²) < 4.78 is 31.8. The number of hydrogen-bond donors (Lipinski definition) is 3. The molecular formula is C18H27N3O6S. The molecule has 0 heterocycles. The van der Waals surface area contributed by atoms with E-state index in [4.69, 9.17) is 4.74 Å². The average Bonchev–Trinajstić information content (AvgIpc) is 2.58. The highest BCUT2D eigenvalue weighted by atomic mass is 32.2. The fourth-order valence-electron chi connectivity index (χ4n) is 2.03. The van der Waals surface area contributed by atoms with E-state index in [-0.39, 0.29) is 10.8 Å². The minimum atomic E-state index is -3.99. The van der Waals surface area contributed by atoms with Crippen LogP contribution in [0.3, 0.4) is 0 Å². The highest BCUT2D eigenvalue weighted by Gasteiger charge is 2.24. The Labute approximate surface area is 165 Å². The van der Waals surface area contributed by atoms with E-state index in [1.807, 2.05) is 20.8 Å². The molecular weight excluding hydrogens is 386 g/mol. The molecule has 1 rings (SSSR count). The van der Waals surface area contributed by atoms with Crippen LogP contribution in [0.1, 0.15) is 41.0 Å². The van der Waals surface area contributed by atoms with Crippen molar-refractivity contribution in [3.8, 4) is 0 Å². The topological polar surface area (TPSA) is 131 Å². The first-order valence-corrected chi connectivity index (χ1v) is 10.2. The Bertz CT molecular complexity index is 818. The summed E-state index contributed by atoms with van der Waals surface area (Å²) in [6.45, 7) is 7.73. The van der Waals surface area contributed by atoms with Gasteiger partial charge >= 0.3 is 5.97 Å². The van der Waals surface area contributed by atoms with Gasteiger partial charge in [-0.15, -0.1) is 0 Å². The number of ether oxygens (including phenoxy) is 1. The van der Waals surface area contributed by atoms with Crippen LogP contribution in [0.4, 0.5) is 5.69 Å². The van der Waals surface area contributed by atoms with Crippen LogP contribution in [0.25, 0.3) is 0 Å². The highest BCUT2D eigenvalue weighted by Crippen LogP contribution is 2.14. The van der Waals surface area contributed by atoms with Crippen molar-refractivity contribution in [2.45, 2.75) is 57.5 Å². The van der Waals surface area contributed by atoms with Gasteiger partial charge in [-0.3, -0.25) is 14.4 Å². The summed E-state index contributed by atoms with van der Waals surface area (Å²) in [5.74, 6) is -1.62. The summed E-state index contributed by atoms with van der Waals surface area (Å²) in [6, 6.07) is 4.27. The molecule has 156 valence electrons. The molecule has 0 saturated heterocycles. The molecule has 1 atom stereocenters. The van der Waals surface area contributed by atoms with Crippen molar-refractivity contribution >= 4 is 33.5 Å². The molecule has 28 heavy (non-hydrogen) atoms. The summed E-state index contributed by atoms with van der Waals surface area (Å²) in [5, 5.41) is 5.23. The van der Waals surface area contributed by atoms with E-state index in [9.17, 15) is 22.8 Å². The third kappa shape index (κ3) is 7.65. The number of hydrogen-bond acceptors (Lipinski definition) is 6. The molecule has 0 fully saturated rings. The smallest absolute Gasteiger partial charge is 0.324 e. The molecule has 0 unspecified atom stereocenters. The number of nitrogens with one attached hydrogen (secondary N) is 3. The Morgan fingerprint density at radius 1 is 1.14 bits per heavy atom. The molecule has 0 aliphatic rings. The normalized spacial score (nSPS) is 12.8. The second-order valence-electron chi connectivity index (χ2n) is 6.94. The van der Waals surface area contributed by atoms with E-state index in [2.05, 4.69) is 15.4 Å². The van der Waals surface area contributed by atoms with Crippen molar-refractivity contribution in [2.75, 3.05) is 11.9 Å². The molecule has 10 heteroatoms. The third-order valence-corrected chi connectivity index (χ3v) is 5.43. The monoisotopic (exact) mass is 413 g/mol. The van der Waals surface area contributed by atoms with Crippen molar-refractivity contribution in [1.82, 2.24) is 10.0 Å². The Hall–Kier alpha value is -2.46. The van der Waals surface area contributed by atoms with Gasteiger partial charge in [-0.2, -0.15) is 4.72 Å². The van der Waals surface area contributed by atoms with E-state index in [0.717, 1.165) is 0 Å². The first-order chi connectivity index (χ1) is 12.9.